The van der Waals surface area contributed by atoms with Gasteiger partial charge in [-0.25, -0.2) is 8.42 Å². The van der Waals surface area contributed by atoms with Gasteiger partial charge in [-0.1, -0.05) is 0 Å². The molecule has 1 aromatic rings. The van der Waals surface area contributed by atoms with E-state index < -0.39 is 10.0 Å². The highest BCUT2D eigenvalue weighted by molar-refractivity contribution is 7.89. The Balaban J connectivity index is 2.51. The number of rotatable bonds is 1. The summed E-state index contributed by atoms with van der Waals surface area (Å²) < 4.78 is 23.1. The summed E-state index contributed by atoms with van der Waals surface area (Å²) in [7, 11) is -3.20. The lowest BCUT2D eigenvalue weighted by molar-refractivity contribution is 0.584. The summed E-state index contributed by atoms with van der Waals surface area (Å²) in [5.74, 6) is 0. The molecule has 1 aromatic heterocycles. The highest BCUT2D eigenvalue weighted by Crippen LogP contribution is 2.13. The molecule has 0 bridgehead atoms. The van der Waals surface area contributed by atoms with Crippen molar-refractivity contribution in [3.05, 3.63) is 17.5 Å². The molecule has 1 aliphatic heterocycles. The molecular formula is C6H9N3O2S. The van der Waals surface area contributed by atoms with E-state index in [1.807, 2.05) is 0 Å². The minimum atomic E-state index is -3.20. The van der Waals surface area contributed by atoms with Crippen LogP contribution in [0.25, 0.3) is 0 Å². The lowest BCUT2D eigenvalue weighted by Crippen LogP contribution is -2.13. The van der Waals surface area contributed by atoms with Gasteiger partial charge in [-0.05, 0) is 0 Å². The Labute approximate surface area is 70.4 Å². The lowest BCUT2D eigenvalue weighted by atomic mass is 10.3. The Morgan fingerprint density at radius 3 is 2.92 bits per heavy atom. The number of hydrogen-bond acceptors (Lipinski definition) is 4. The summed E-state index contributed by atoms with van der Waals surface area (Å²) in [5, 5.41) is 7.00. The standard InChI is InChI=1S/C6H9N3O2S/c1-12(10,11)9-4-5-2-7-3-6(5)8-9/h4,7H,2-3H2,1H3. The molecule has 5 nitrogen and oxygen atoms in total. The fourth-order valence-corrected chi connectivity index (χ4v) is 1.77. The topological polar surface area (TPSA) is 64.0 Å². The fourth-order valence-electron chi connectivity index (χ4n) is 1.20. The van der Waals surface area contributed by atoms with Gasteiger partial charge < -0.3 is 5.32 Å². The van der Waals surface area contributed by atoms with Gasteiger partial charge in [0.15, 0.2) is 0 Å². The fraction of sp³-hybridized carbons (Fsp3) is 0.500. The minimum absolute atomic E-state index is 0.665. The third kappa shape index (κ3) is 1.12. The van der Waals surface area contributed by atoms with Crippen molar-refractivity contribution in [3.8, 4) is 0 Å². The van der Waals surface area contributed by atoms with Crippen molar-refractivity contribution in [1.82, 2.24) is 14.5 Å². The molecule has 0 spiro atoms. The van der Waals surface area contributed by atoms with Crippen LogP contribution < -0.4 is 5.32 Å². The van der Waals surface area contributed by atoms with E-state index in [0.717, 1.165) is 21.6 Å². The largest absolute Gasteiger partial charge is 0.307 e. The van der Waals surface area contributed by atoms with Crippen molar-refractivity contribution < 1.29 is 8.42 Å². The molecule has 2 heterocycles. The molecule has 0 aliphatic carbocycles. The van der Waals surface area contributed by atoms with E-state index in [1.165, 1.54) is 0 Å². The van der Waals surface area contributed by atoms with Crippen molar-refractivity contribution in [2.75, 3.05) is 6.26 Å². The minimum Gasteiger partial charge on any atom is -0.307 e. The molecule has 0 atom stereocenters. The van der Waals surface area contributed by atoms with Crippen LogP contribution >= 0.6 is 0 Å². The van der Waals surface area contributed by atoms with Crippen molar-refractivity contribution in [2.45, 2.75) is 13.1 Å². The maximum absolute atomic E-state index is 11.0. The summed E-state index contributed by atoms with van der Waals surface area (Å²) in [6.07, 6.45) is 2.70. The molecule has 1 N–H and O–H groups in total. The van der Waals surface area contributed by atoms with E-state index >= 15 is 0 Å². The van der Waals surface area contributed by atoms with Gasteiger partial charge in [0.05, 0.1) is 11.9 Å². The molecule has 0 saturated heterocycles. The highest BCUT2D eigenvalue weighted by Gasteiger charge is 2.17. The Bertz CT molecular complexity index is 385. The first-order chi connectivity index (χ1) is 5.57. The van der Waals surface area contributed by atoms with Gasteiger partial charge in [0.25, 0.3) is 10.0 Å². The SMILES string of the molecule is CS(=O)(=O)n1cc2c(n1)CNC2. The summed E-state index contributed by atoms with van der Waals surface area (Å²) >= 11 is 0. The zero-order valence-corrected chi connectivity index (χ0v) is 7.43. The Morgan fingerprint density at radius 2 is 2.33 bits per heavy atom. The van der Waals surface area contributed by atoms with Crippen LogP contribution in [0.1, 0.15) is 11.3 Å². The van der Waals surface area contributed by atoms with E-state index in [4.69, 9.17) is 0 Å². The number of hydrogen-bond donors (Lipinski definition) is 1. The second kappa shape index (κ2) is 2.30. The summed E-state index contributed by atoms with van der Waals surface area (Å²) in [6.45, 7) is 1.38. The average molecular weight is 187 g/mol. The molecule has 0 fully saturated rings. The normalized spacial score (nSPS) is 16.4. The van der Waals surface area contributed by atoms with Gasteiger partial charge in [0, 0.05) is 24.8 Å². The first-order valence-electron chi connectivity index (χ1n) is 3.56. The van der Waals surface area contributed by atoms with Crippen LogP contribution in [0.15, 0.2) is 6.20 Å². The van der Waals surface area contributed by atoms with Crippen LogP contribution in [0.4, 0.5) is 0 Å². The molecule has 0 unspecified atom stereocenters. The highest BCUT2D eigenvalue weighted by atomic mass is 32.2. The van der Waals surface area contributed by atoms with Crippen LogP contribution in [0, 0.1) is 0 Å². The summed E-state index contributed by atoms with van der Waals surface area (Å²) in [5.41, 5.74) is 1.81. The Kier molecular flexibility index (Phi) is 1.49. The Morgan fingerprint density at radius 1 is 1.58 bits per heavy atom. The monoisotopic (exact) mass is 187 g/mol. The number of nitrogens with zero attached hydrogens (tertiary/aromatic N) is 2. The molecular weight excluding hydrogens is 178 g/mol. The van der Waals surface area contributed by atoms with Crippen LogP contribution in [-0.2, 0) is 23.1 Å². The first-order valence-corrected chi connectivity index (χ1v) is 5.41. The molecule has 2 rings (SSSR count). The molecule has 0 radical (unpaired) electrons. The molecule has 0 saturated carbocycles. The second-order valence-corrected chi connectivity index (χ2v) is 4.68. The van der Waals surface area contributed by atoms with E-state index in [2.05, 4.69) is 10.4 Å². The zero-order chi connectivity index (χ0) is 8.77. The van der Waals surface area contributed by atoms with Crippen molar-refractivity contribution >= 4 is 10.0 Å². The summed E-state index contributed by atoms with van der Waals surface area (Å²) in [4.78, 5) is 0. The third-order valence-electron chi connectivity index (χ3n) is 1.80. The predicted octanol–water partition coefficient (Wildman–Crippen LogP) is -0.706. The lowest BCUT2D eigenvalue weighted by Gasteiger charge is -1.96. The number of nitrogens with one attached hydrogen (secondary N) is 1. The maximum atomic E-state index is 11.0. The first kappa shape index (κ1) is 7.75. The molecule has 1 aliphatic rings. The van der Waals surface area contributed by atoms with Crippen LogP contribution in [-0.4, -0.2) is 23.9 Å². The van der Waals surface area contributed by atoms with Gasteiger partial charge in [-0.15, -0.1) is 0 Å². The quantitative estimate of drug-likeness (QED) is 0.631. The van der Waals surface area contributed by atoms with Gasteiger partial charge in [-0.3, -0.25) is 0 Å². The van der Waals surface area contributed by atoms with Gasteiger partial charge in [-0.2, -0.15) is 9.19 Å². The van der Waals surface area contributed by atoms with Crippen molar-refractivity contribution in [2.24, 2.45) is 0 Å². The van der Waals surface area contributed by atoms with Crippen molar-refractivity contribution in [1.29, 1.82) is 0 Å². The third-order valence-corrected chi connectivity index (χ3v) is 2.67. The smallest absolute Gasteiger partial charge is 0.250 e. The van der Waals surface area contributed by atoms with E-state index in [0.29, 0.717) is 13.1 Å². The number of fused-ring (bicyclic) bond motifs is 1. The molecule has 0 aromatic carbocycles. The van der Waals surface area contributed by atoms with Crippen LogP contribution in [0.2, 0.25) is 0 Å². The van der Waals surface area contributed by atoms with Gasteiger partial charge in [0.2, 0.25) is 0 Å². The van der Waals surface area contributed by atoms with E-state index in [1.54, 1.807) is 6.20 Å². The molecule has 0 amide bonds. The van der Waals surface area contributed by atoms with E-state index in [9.17, 15) is 8.42 Å². The molecule has 12 heavy (non-hydrogen) atoms. The number of aromatic nitrogens is 2. The maximum Gasteiger partial charge on any atom is 0.250 e. The van der Waals surface area contributed by atoms with Crippen LogP contribution in [0.3, 0.4) is 0 Å². The zero-order valence-electron chi connectivity index (χ0n) is 6.61. The summed E-state index contributed by atoms with van der Waals surface area (Å²) in [6, 6.07) is 0. The second-order valence-electron chi connectivity index (χ2n) is 2.84. The Hall–Kier alpha value is -0.880. The molecule has 66 valence electrons. The van der Waals surface area contributed by atoms with Crippen molar-refractivity contribution in [3.63, 3.8) is 0 Å². The van der Waals surface area contributed by atoms with Gasteiger partial charge in [0.1, 0.15) is 0 Å². The molecule has 6 heteroatoms. The van der Waals surface area contributed by atoms with Gasteiger partial charge >= 0.3 is 0 Å². The average Bonchev–Trinajstić information content (AvgIpc) is 2.37. The predicted molar refractivity (Wildman–Crippen MR) is 43.0 cm³/mol. The van der Waals surface area contributed by atoms with E-state index in [-0.39, 0.29) is 0 Å². The van der Waals surface area contributed by atoms with Crippen LogP contribution in [0.5, 0.6) is 0 Å².